The lowest BCUT2D eigenvalue weighted by Crippen LogP contribution is -2.40. The molecule has 174 valence electrons. The van der Waals surface area contributed by atoms with Crippen LogP contribution in [0.5, 0.6) is 0 Å². The van der Waals surface area contributed by atoms with Gasteiger partial charge in [-0.15, -0.1) is 0 Å². The maximum Gasteiger partial charge on any atom is 0.391 e. The van der Waals surface area contributed by atoms with Gasteiger partial charge in [0.1, 0.15) is 5.69 Å². The number of likely N-dealkylation sites (N-methyl/N-ethyl adjacent to an activating group) is 1. The highest BCUT2D eigenvalue weighted by atomic mass is 19.4. The highest BCUT2D eigenvalue weighted by molar-refractivity contribution is 6.02. The number of benzene rings is 1. The van der Waals surface area contributed by atoms with Crippen LogP contribution in [0.3, 0.4) is 0 Å². The van der Waals surface area contributed by atoms with Crippen LogP contribution in [0.1, 0.15) is 43.0 Å². The SMILES string of the molecule is CNc1cc(N(C)CC(C)OC)c(C(=O)NC2CCC(C(F)(F)F)CC2)cc1[N+](=O)[O-]. The number of nitrogens with one attached hydrogen (secondary N) is 2. The van der Waals surface area contributed by atoms with E-state index in [1.165, 1.54) is 12.1 Å². The van der Waals surface area contributed by atoms with Crippen molar-refractivity contribution in [3.63, 3.8) is 0 Å². The Morgan fingerprint density at radius 2 is 1.94 bits per heavy atom. The number of alkyl halides is 3. The topological polar surface area (TPSA) is 96.7 Å². The van der Waals surface area contributed by atoms with E-state index in [4.69, 9.17) is 4.74 Å². The number of rotatable bonds is 8. The minimum atomic E-state index is -4.23. The van der Waals surface area contributed by atoms with E-state index < -0.39 is 29.0 Å². The van der Waals surface area contributed by atoms with Crippen LogP contribution < -0.4 is 15.5 Å². The van der Waals surface area contributed by atoms with Gasteiger partial charge in [0.05, 0.1) is 28.2 Å². The van der Waals surface area contributed by atoms with Gasteiger partial charge in [-0.2, -0.15) is 13.2 Å². The van der Waals surface area contributed by atoms with Crippen LogP contribution in [0.25, 0.3) is 0 Å². The molecule has 1 aromatic carbocycles. The second-order valence-electron chi connectivity index (χ2n) is 7.88. The quantitative estimate of drug-likeness (QED) is 0.464. The lowest BCUT2D eigenvalue weighted by Gasteiger charge is -2.31. The largest absolute Gasteiger partial charge is 0.391 e. The average Bonchev–Trinajstić information content (AvgIpc) is 2.72. The number of hydrogen-bond acceptors (Lipinski definition) is 6. The molecule has 0 saturated heterocycles. The van der Waals surface area contributed by atoms with Crippen molar-refractivity contribution < 1.29 is 27.6 Å². The van der Waals surface area contributed by atoms with Crippen molar-refractivity contribution in [2.45, 2.75) is 50.9 Å². The zero-order valence-electron chi connectivity index (χ0n) is 18.1. The number of hydrogen-bond donors (Lipinski definition) is 2. The first-order chi connectivity index (χ1) is 14.5. The monoisotopic (exact) mass is 446 g/mol. The number of nitro groups is 1. The van der Waals surface area contributed by atoms with E-state index in [1.807, 2.05) is 6.92 Å². The Hall–Kier alpha value is -2.56. The molecule has 1 aliphatic carbocycles. The third-order valence-electron chi connectivity index (χ3n) is 5.69. The number of carbonyl (C=O) groups excluding carboxylic acids is 1. The fourth-order valence-corrected chi connectivity index (χ4v) is 3.81. The minimum absolute atomic E-state index is 0.0502. The smallest absolute Gasteiger partial charge is 0.383 e. The molecule has 1 atom stereocenters. The molecule has 8 nitrogen and oxygen atoms in total. The Bertz CT molecular complexity index is 795. The molecule has 0 spiro atoms. The van der Waals surface area contributed by atoms with Crippen LogP contribution in [-0.4, -0.2) is 56.9 Å². The molecule has 2 N–H and O–H groups in total. The van der Waals surface area contributed by atoms with E-state index in [0.717, 1.165) is 0 Å². The lowest BCUT2D eigenvalue weighted by atomic mass is 9.85. The van der Waals surface area contributed by atoms with E-state index >= 15 is 0 Å². The van der Waals surface area contributed by atoms with Gasteiger partial charge in [-0.3, -0.25) is 14.9 Å². The summed E-state index contributed by atoms with van der Waals surface area (Å²) >= 11 is 0. The Kier molecular flexibility index (Phi) is 8.10. The molecule has 1 aromatic rings. The van der Waals surface area contributed by atoms with Gasteiger partial charge in [-0.25, -0.2) is 0 Å². The molecule has 0 heterocycles. The molecule has 1 unspecified atom stereocenters. The van der Waals surface area contributed by atoms with Gasteiger partial charge >= 0.3 is 6.18 Å². The van der Waals surface area contributed by atoms with Crippen molar-refractivity contribution >= 4 is 23.0 Å². The van der Waals surface area contributed by atoms with Crippen molar-refractivity contribution in [1.82, 2.24) is 5.32 Å². The molecule has 1 amide bonds. The van der Waals surface area contributed by atoms with Gasteiger partial charge in [0.15, 0.2) is 0 Å². The van der Waals surface area contributed by atoms with E-state index in [0.29, 0.717) is 12.2 Å². The Morgan fingerprint density at radius 1 is 1.32 bits per heavy atom. The first kappa shape index (κ1) is 24.7. The van der Waals surface area contributed by atoms with Crippen molar-refractivity contribution in [1.29, 1.82) is 0 Å². The maximum atomic E-state index is 13.0. The van der Waals surface area contributed by atoms with Gasteiger partial charge in [0.2, 0.25) is 0 Å². The number of methoxy groups -OCH3 is 1. The molecule has 0 bridgehead atoms. The van der Waals surface area contributed by atoms with E-state index in [2.05, 4.69) is 10.6 Å². The van der Waals surface area contributed by atoms with Crippen LogP contribution in [0.4, 0.5) is 30.2 Å². The van der Waals surface area contributed by atoms with Crippen LogP contribution in [0, 0.1) is 16.0 Å². The number of ether oxygens (including phenoxy) is 1. The number of halogens is 3. The molecule has 0 radical (unpaired) electrons. The first-order valence-electron chi connectivity index (χ1n) is 10.1. The van der Waals surface area contributed by atoms with Crippen LogP contribution in [-0.2, 0) is 4.74 Å². The van der Waals surface area contributed by atoms with Gasteiger partial charge in [0, 0.05) is 39.9 Å². The fourth-order valence-electron chi connectivity index (χ4n) is 3.81. The summed E-state index contributed by atoms with van der Waals surface area (Å²) in [6.45, 7) is 2.27. The molecule has 11 heteroatoms. The Balaban J connectivity index is 2.28. The van der Waals surface area contributed by atoms with Gasteiger partial charge < -0.3 is 20.3 Å². The molecular weight excluding hydrogens is 417 g/mol. The summed E-state index contributed by atoms with van der Waals surface area (Å²) in [4.78, 5) is 25.7. The molecule has 0 aliphatic heterocycles. The third kappa shape index (κ3) is 6.22. The van der Waals surface area contributed by atoms with Gasteiger partial charge in [-0.05, 0) is 38.7 Å². The molecule has 1 saturated carbocycles. The van der Waals surface area contributed by atoms with Crippen LogP contribution in [0.15, 0.2) is 12.1 Å². The van der Waals surface area contributed by atoms with Gasteiger partial charge in [0.25, 0.3) is 11.6 Å². The Labute approximate surface area is 179 Å². The van der Waals surface area contributed by atoms with E-state index in [-0.39, 0.29) is 48.7 Å². The summed E-state index contributed by atoms with van der Waals surface area (Å²) in [5, 5.41) is 17.0. The molecule has 31 heavy (non-hydrogen) atoms. The lowest BCUT2D eigenvalue weighted by molar-refractivity contribution is -0.383. The summed E-state index contributed by atoms with van der Waals surface area (Å²) in [6, 6.07) is 2.31. The van der Waals surface area contributed by atoms with Crippen molar-refractivity contribution in [2.24, 2.45) is 5.92 Å². The predicted molar refractivity (Wildman–Crippen MR) is 112 cm³/mol. The van der Waals surface area contributed by atoms with E-state index in [1.54, 1.807) is 26.1 Å². The summed E-state index contributed by atoms with van der Waals surface area (Å²) in [5.41, 5.74) is 0.541. The van der Waals surface area contributed by atoms with Crippen molar-refractivity contribution in [2.75, 3.05) is 38.0 Å². The Morgan fingerprint density at radius 3 is 2.42 bits per heavy atom. The van der Waals surface area contributed by atoms with E-state index in [9.17, 15) is 28.1 Å². The van der Waals surface area contributed by atoms with Crippen LogP contribution >= 0.6 is 0 Å². The number of nitrogens with zero attached hydrogens (tertiary/aromatic N) is 2. The third-order valence-corrected chi connectivity index (χ3v) is 5.69. The second kappa shape index (κ2) is 10.2. The maximum absolute atomic E-state index is 13.0. The standard InChI is InChI=1S/C20H29F3N4O4/c1-12(31-4)11-26(3)17-10-16(24-2)18(27(29)30)9-15(17)19(28)25-14-7-5-13(6-8-14)20(21,22)23/h9-10,12-14,24H,5-8,11H2,1-4H3,(H,25,28). The van der Waals surface area contributed by atoms with Crippen molar-refractivity contribution in [3.8, 4) is 0 Å². The normalized spacial score (nSPS) is 20.1. The molecule has 0 aromatic heterocycles. The minimum Gasteiger partial charge on any atom is -0.383 e. The second-order valence-corrected chi connectivity index (χ2v) is 7.88. The summed E-state index contributed by atoms with van der Waals surface area (Å²) in [6.07, 6.45) is -4.08. The zero-order valence-corrected chi connectivity index (χ0v) is 18.1. The summed E-state index contributed by atoms with van der Waals surface area (Å²) in [7, 11) is 4.84. The molecular formula is C20H29F3N4O4. The zero-order chi connectivity index (χ0) is 23.3. The number of anilines is 2. The van der Waals surface area contributed by atoms with Gasteiger partial charge in [-0.1, -0.05) is 0 Å². The highest BCUT2D eigenvalue weighted by Gasteiger charge is 2.41. The summed E-state index contributed by atoms with van der Waals surface area (Å²) in [5.74, 6) is -1.90. The summed E-state index contributed by atoms with van der Waals surface area (Å²) < 4.78 is 43.9. The number of amides is 1. The highest BCUT2D eigenvalue weighted by Crippen LogP contribution is 2.38. The number of carbonyl (C=O) groups is 1. The first-order valence-corrected chi connectivity index (χ1v) is 10.1. The van der Waals surface area contributed by atoms with Crippen molar-refractivity contribution in [3.05, 3.63) is 27.8 Å². The predicted octanol–water partition coefficient (Wildman–Crippen LogP) is 3.96. The fraction of sp³-hybridized carbons (Fsp3) is 0.650. The molecule has 2 rings (SSSR count). The number of nitro benzene ring substituents is 1. The average molecular weight is 446 g/mol. The molecule has 1 aliphatic rings. The van der Waals surface area contributed by atoms with Crippen LogP contribution in [0.2, 0.25) is 0 Å². The molecule has 1 fully saturated rings.